The fraction of sp³-hybridized carbons (Fsp3) is 0.400. The SMILES string of the molecule is CCC(C)(N)c1ccccc1Br. The molecule has 0 aliphatic heterocycles. The molecule has 0 amide bonds. The molecule has 1 atom stereocenters. The van der Waals surface area contributed by atoms with Crippen LogP contribution in [-0.4, -0.2) is 0 Å². The lowest BCUT2D eigenvalue weighted by Gasteiger charge is -2.24. The molecule has 0 saturated heterocycles. The molecule has 12 heavy (non-hydrogen) atoms. The highest BCUT2D eigenvalue weighted by Crippen LogP contribution is 2.28. The van der Waals surface area contributed by atoms with Crippen LogP contribution in [0.25, 0.3) is 0 Å². The topological polar surface area (TPSA) is 26.0 Å². The zero-order valence-corrected chi connectivity index (χ0v) is 9.06. The zero-order chi connectivity index (χ0) is 9.19. The number of hydrogen-bond acceptors (Lipinski definition) is 1. The third kappa shape index (κ3) is 1.87. The standard InChI is InChI=1S/C10H14BrN/c1-3-10(2,12)8-6-4-5-7-9(8)11/h4-7H,3,12H2,1-2H3. The molecule has 0 saturated carbocycles. The van der Waals surface area contributed by atoms with Crippen molar-refractivity contribution in [2.24, 2.45) is 5.73 Å². The molecule has 1 aromatic rings. The first-order valence-electron chi connectivity index (χ1n) is 4.12. The molecular weight excluding hydrogens is 214 g/mol. The van der Waals surface area contributed by atoms with E-state index in [4.69, 9.17) is 5.73 Å². The second-order valence-corrected chi connectivity index (χ2v) is 4.11. The summed E-state index contributed by atoms with van der Waals surface area (Å²) in [5, 5.41) is 0. The van der Waals surface area contributed by atoms with Gasteiger partial charge in [0.15, 0.2) is 0 Å². The van der Waals surface area contributed by atoms with E-state index in [1.165, 1.54) is 5.56 Å². The van der Waals surface area contributed by atoms with Gasteiger partial charge in [-0.2, -0.15) is 0 Å². The summed E-state index contributed by atoms with van der Waals surface area (Å²) in [6.07, 6.45) is 0.940. The Balaban J connectivity index is 3.10. The van der Waals surface area contributed by atoms with Gasteiger partial charge in [-0.25, -0.2) is 0 Å². The molecule has 0 spiro atoms. The van der Waals surface area contributed by atoms with Crippen LogP contribution in [0.15, 0.2) is 28.7 Å². The Morgan fingerprint density at radius 3 is 2.50 bits per heavy atom. The van der Waals surface area contributed by atoms with Gasteiger partial charge in [0, 0.05) is 10.0 Å². The Morgan fingerprint density at radius 2 is 2.00 bits per heavy atom. The predicted octanol–water partition coefficient (Wildman–Crippen LogP) is 3.03. The number of benzene rings is 1. The van der Waals surface area contributed by atoms with E-state index in [9.17, 15) is 0 Å². The molecule has 1 unspecified atom stereocenters. The lowest BCUT2D eigenvalue weighted by molar-refractivity contribution is 0.474. The van der Waals surface area contributed by atoms with Crippen molar-refractivity contribution < 1.29 is 0 Å². The number of rotatable bonds is 2. The summed E-state index contributed by atoms with van der Waals surface area (Å²) >= 11 is 3.49. The predicted molar refractivity (Wildman–Crippen MR) is 56.0 cm³/mol. The molecule has 0 aromatic heterocycles. The van der Waals surface area contributed by atoms with Crippen LogP contribution in [0, 0.1) is 0 Å². The van der Waals surface area contributed by atoms with E-state index in [1.54, 1.807) is 0 Å². The maximum atomic E-state index is 6.11. The van der Waals surface area contributed by atoms with Crippen LogP contribution in [0.3, 0.4) is 0 Å². The lowest BCUT2D eigenvalue weighted by Crippen LogP contribution is -2.32. The maximum absolute atomic E-state index is 6.11. The van der Waals surface area contributed by atoms with Gasteiger partial charge in [-0.1, -0.05) is 41.1 Å². The molecular formula is C10H14BrN. The number of nitrogens with two attached hydrogens (primary N) is 1. The second-order valence-electron chi connectivity index (χ2n) is 3.25. The Kier molecular flexibility index (Phi) is 2.91. The van der Waals surface area contributed by atoms with E-state index >= 15 is 0 Å². The molecule has 1 nitrogen and oxygen atoms in total. The van der Waals surface area contributed by atoms with Crippen LogP contribution in [0.5, 0.6) is 0 Å². The van der Waals surface area contributed by atoms with Gasteiger partial charge in [0.25, 0.3) is 0 Å². The summed E-state index contributed by atoms with van der Waals surface area (Å²) in [5.41, 5.74) is 7.06. The second kappa shape index (κ2) is 3.58. The van der Waals surface area contributed by atoms with Gasteiger partial charge in [0.05, 0.1) is 0 Å². The highest BCUT2D eigenvalue weighted by atomic mass is 79.9. The zero-order valence-electron chi connectivity index (χ0n) is 7.47. The maximum Gasteiger partial charge on any atom is 0.0389 e. The van der Waals surface area contributed by atoms with Gasteiger partial charge < -0.3 is 5.73 Å². The average molecular weight is 228 g/mol. The minimum absolute atomic E-state index is 0.222. The van der Waals surface area contributed by atoms with Gasteiger partial charge in [0.1, 0.15) is 0 Å². The monoisotopic (exact) mass is 227 g/mol. The first-order chi connectivity index (χ1) is 5.58. The first kappa shape index (κ1) is 9.75. The average Bonchev–Trinajstić information content (AvgIpc) is 2.05. The smallest absolute Gasteiger partial charge is 0.0389 e. The van der Waals surface area contributed by atoms with E-state index in [0.29, 0.717) is 0 Å². The van der Waals surface area contributed by atoms with Crippen LogP contribution >= 0.6 is 15.9 Å². The minimum Gasteiger partial charge on any atom is -0.322 e. The molecule has 0 bridgehead atoms. The Labute approximate surface area is 82.1 Å². The van der Waals surface area contributed by atoms with Crippen LogP contribution in [0.1, 0.15) is 25.8 Å². The molecule has 0 radical (unpaired) electrons. The Morgan fingerprint density at radius 1 is 1.42 bits per heavy atom. The highest BCUT2D eigenvalue weighted by Gasteiger charge is 2.20. The molecule has 0 fully saturated rings. The highest BCUT2D eigenvalue weighted by molar-refractivity contribution is 9.10. The summed E-state index contributed by atoms with van der Waals surface area (Å²) in [4.78, 5) is 0. The molecule has 1 aromatic carbocycles. The largest absolute Gasteiger partial charge is 0.322 e. The van der Waals surface area contributed by atoms with Gasteiger partial charge in [-0.15, -0.1) is 0 Å². The molecule has 1 rings (SSSR count). The summed E-state index contributed by atoms with van der Waals surface area (Å²) in [6, 6.07) is 8.10. The molecule has 0 aliphatic rings. The van der Waals surface area contributed by atoms with Crippen molar-refractivity contribution in [2.75, 3.05) is 0 Å². The van der Waals surface area contributed by atoms with Crippen molar-refractivity contribution in [2.45, 2.75) is 25.8 Å². The lowest BCUT2D eigenvalue weighted by atomic mass is 9.91. The van der Waals surface area contributed by atoms with Crippen LogP contribution in [-0.2, 0) is 5.54 Å². The van der Waals surface area contributed by atoms with Crippen molar-refractivity contribution in [3.05, 3.63) is 34.3 Å². The van der Waals surface area contributed by atoms with E-state index in [2.05, 4.69) is 28.9 Å². The van der Waals surface area contributed by atoms with E-state index in [1.807, 2.05) is 25.1 Å². The van der Waals surface area contributed by atoms with E-state index in [0.717, 1.165) is 10.9 Å². The molecule has 66 valence electrons. The summed E-state index contributed by atoms with van der Waals surface area (Å²) in [6.45, 7) is 4.15. The summed E-state index contributed by atoms with van der Waals surface area (Å²) in [7, 11) is 0. The van der Waals surface area contributed by atoms with Crippen LogP contribution in [0.4, 0.5) is 0 Å². The number of hydrogen-bond donors (Lipinski definition) is 1. The summed E-state index contributed by atoms with van der Waals surface area (Å²) < 4.78 is 1.09. The fourth-order valence-corrected chi connectivity index (χ4v) is 1.85. The van der Waals surface area contributed by atoms with Crippen LogP contribution in [0.2, 0.25) is 0 Å². The summed E-state index contributed by atoms with van der Waals surface area (Å²) in [5.74, 6) is 0. The van der Waals surface area contributed by atoms with Gasteiger partial charge >= 0.3 is 0 Å². The van der Waals surface area contributed by atoms with Crippen molar-refractivity contribution in [3.63, 3.8) is 0 Å². The van der Waals surface area contributed by atoms with Crippen molar-refractivity contribution in [1.82, 2.24) is 0 Å². The van der Waals surface area contributed by atoms with E-state index < -0.39 is 0 Å². The number of halogens is 1. The van der Waals surface area contributed by atoms with Gasteiger partial charge in [-0.3, -0.25) is 0 Å². The van der Waals surface area contributed by atoms with Crippen molar-refractivity contribution in [1.29, 1.82) is 0 Å². The molecule has 2 N–H and O–H groups in total. The third-order valence-electron chi connectivity index (χ3n) is 2.22. The Hall–Kier alpha value is -0.340. The Bertz CT molecular complexity index is 268. The molecule has 0 aliphatic carbocycles. The van der Waals surface area contributed by atoms with Crippen molar-refractivity contribution >= 4 is 15.9 Å². The minimum atomic E-state index is -0.222. The molecule has 0 heterocycles. The first-order valence-corrected chi connectivity index (χ1v) is 4.91. The van der Waals surface area contributed by atoms with Gasteiger partial charge in [0.2, 0.25) is 0 Å². The van der Waals surface area contributed by atoms with E-state index in [-0.39, 0.29) is 5.54 Å². The quantitative estimate of drug-likeness (QED) is 0.827. The van der Waals surface area contributed by atoms with Crippen molar-refractivity contribution in [3.8, 4) is 0 Å². The normalized spacial score (nSPS) is 15.7. The van der Waals surface area contributed by atoms with Crippen LogP contribution < -0.4 is 5.73 Å². The molecule has 2 heteroatoms. The third-order valence-corrected chi connectivity index (χ3v) is 2.92. The fourth-order valence-electron chi connectivity index (χ4n) is 1.11. The van der Waals surface area contributed by atoms with Gasteiger partial charge in [-0.05, 0) is 25.0 Å².